The molecular formula is C20H20N2O2S. The number of methoxy groups -OCH3 is 1. The van der Waals surface area contributed by atoms with E-state index in [4.69, 9.17) is 4.74 Å². The number of benzene rings is 2. The second kappa shape index (κ2) is 7.57. The van der Waals surface area contributed by atoms with Crippen LogP contribution in [0.2, 0.25) is 0 Å². The molecule has 0 bridgehead atoms. The summed E-state index contributed by atoms with van der Waals surface area (Å²) < 4.78 is 5.14. The summed E-state index contributed by atoms with van der Waals surface area (Å²) in [5.74, 6) is 0.682. The average molecular weight is 352 g/mol. The number of amidine groups is 1. The molecule has 1 N–H and O–H groups in total. The Hall–Kier alpha value is -2.53. The molecule has 0 aliphatic carbocycles. The van der Waals surface area contributed by atoms with Gasteiger partial charge in [0.25, 0.3) is 5.91 Å². The normalized spacial score (nSPS) is 17.2. The largest absolute Gasteiger partial charge is 0.497 e. The number of aliphatic imine (C=N–C) groups is 1. The lowest BCUT2D eigenvalue weighted by molar-refractivity contribution is -0.115. The Bertz CT molecular complexity index is 834. The molecular weight excluding hydrogens is 332 g/mol. The van der Waals surface area contributed by atoms with Crippen molar-refractivity contribution in [3.63, 3.8) is 0 Å². The van der Waals surface area contributed by atoms with Gasteiger partial charge in [-0.1, -0.05) is 41.5 Å². The van der Waals surface area contributed by atoms with Gasteiger partial charge in [-0.2, -0.15) is 0 Å². The molecule has 3 rings (SSSR count). The summed E-state index contributed by atoms with van der Waals surface area (Å²) in [6.07, 6.45) is 1.86. The van der Waals surface area contributed by atoms with E-state index < -0.39 is 0 Å². The van der Waals surface area contributed by atoms with E-state index in [0.29, 0.717) is 16.6 Å². The molecule has 0 aromatic heterocycles. The summed E-state index contributed by atoms with van der Waals surface area (Å²) in [6, 6.07) is 14.0. The van der Waals surface area contributed by atoms with E-state index in [1.807, 2.05) is 30.3 Å². The first kappa shape index (κ1) is 17.3. The molecule has 1 heterocycles. The standard InChI is InChI=1S/C20H20N2O2S/c1-13-8-14(2)10-16(9-13)12-21-20-22-19(23)18(25-20)11-15-4-6-17(24-3)7-5-15/h4-11H,12H2,1-3H3,(H,21,22,23)/b18-11-. The van der Waals surface area contributed by atoms with Gasteiger partial charge in [0, 0.05) is 0 Å². The van der Waals surface area contributed by atoms with Crippen molar-refractivity contribution in [3.8, 4) is 5.75 Å². The number of carbonyl (C=O) groups excluding carboxylic acids is 1. The molecule has 0 atom stereocenters. The van der Waals surface area contributed by atoms with E-state index in [9.17, 15) is 4.79 Å². The minimum Gasteiger partial charge on any atom is -0.497 e. The Morgan fingerprint density at radius 2 is 1.80 bits per heavy atom. The first-order valence-corrected chi connectivity index (χ1v) is 8.82. The topological polar surface area (TPSA) is 50.7 Å². The van der Waals surface area contributed by atoms with Crippen molar-refractivity contribution in [2.24, 2.45) is 4.99 Å². The summed E-state index contributed by atoms with van der Waals surface area (Å²) in [5, 5.41) is 3.47. The summed E-state index contributed by atoms with van der Waals surface area (Å²) in [7, 11) is 1.63. The van der Waals surface area contributed by atoms with Crippen LogP contribution in [0, 0.1) is 13.8 Å². The Balaban J connectivity index is 1.71. The van der Waals surface area contributed by atoms with Crippen LogP contribution < -0.4 is 10.1 Å². The fourth-order valence-corrected chi connectivity index (χ4v) is 3.50. The number of nitrogens with zero attached hydrogens (tertiary/aromatic N) is 1. The maximum atomic E-state index is 12.1. The van der Waals surface area contributed by atoms with Gasteiger partial charge < -0.3 is 10.1 Å². The summed E-state index contributed by atoms with van der Waals surface area (Å²) >= 11 is 1.37. The third-order valence-electron chi connectivity index (χ3n) is 3.75. The Morgan fingerprint density at radius 1 is 1.12 bits per heavy atom. The van der Waals surface area contributed by atoms with Crippen LogP contribution >= 0.6 is 11.8 Å². The summed E-state index contributed by atoms with van der Waals surface area (Å²) in [4.78, 5) is 17.3. The van der Waals surface area contributed by atoms with Crippen LogP contribution in [0.4, 0.5) is 0 Å². The molecule has 2 aromatic carbocycles. The van der Waals surface area contributed by atoms with Crippen LogP contribution in [0.1, 0.15) is 22.3 Å². The lowest BCUT2D eigenvalue weighted by atomic mass is 10.1. The quantitative estimate of drug-likeness (QED) is 0.844. The first-order chi connectivity index (χ1) is 12.0. The van der Waals surface area contributed by atoms with Crippen LogP contribution in [-0.2, 0) is 11.3 Å². The molecule has 1 aliphatic heterocycles. The Kier molecular flexibility index (Phi) is 5.24. The van der Waals surface area contributed by atoms with Gasteiger partial charge in [0.15, 0.2) is 5.17 Å². The fraction of sp³-hybridized carbons (Fsp3) is 0.200. The molecule has 4 nitrogen and oxygen atoms in total. The molecule has 1 fully saturated rings. The fourth-order valence-electron chi connectivity index (χ4n) is 2.68. The predicted molar refractivity (Wildman–Crippen MR) is 104 cm³/mol. The number of amides is 1. The Labute approximate surface area is 152 Å². The highest BCUT2D eigenvalue weighted by Gasteiger charge is 2.23. The zero-order chi connectivity index (χ0) is 17.8. The van der Waals surface area contributed by atoms with Crippen molar-refractivity contribution < 1.29 is 9.53 Å². The highest BCUT2D eigenvalue weighted by atomic mass is 32.2. The van der Waals surface area contributed by atoms with Crippen molar-refractivity contribution in [1.29, 1.82) is 0 Å². The van der Waals surface area contributed by atoms with Gasteiger partial charge in [-0.25, -0.2) is 0 Å². The molecule has 0 spiro atoms. The molecule has 1 aliphatic rings. The first-order valence-electron chi connectivity index (χ1n) is 8.00. The van der Waals surface area contributed by atoms with Crippen molar-refractivity contribution in [1.82, 2.24) is 5.32 Å². The third kappa shape index (κ3) is 4.51. The summed E-state index contributed by atoms with van der Waals surface area (Å²) in [5.41, 5.74) is 4.54. The van der Waals surface area contributed by atoms with Gasteiger partial charge in [0.05, 0.1) is 18.6 Å². The maximum Gasteiger partial charge on any atom is 0.264 e. The van der Waals surface area contributed by atoms with Gasteiger partial charge in [0.2, 0.25) is 0 Å². The van der Waals surface area contributed by atoms with Gasteiger partial charge in [0.1, 0.15) is 5.75 Å². The number of hydrogen-bond acceptors (Lipinski definition) is 4. The van der Waals surface area contributed by atoms with Gasteiger partial charge in [-0.3, -0.25) is 9.79 Å². The van der Waals surface area contributed by atoms with E-state index in [1.165, 1.54) is 22.9 Å². The van der Waals surface area contributed by atoms with Crippen LogP contribution in [0.15, 0.2) is 52.4 Å². The number of carbonyl (C=O) groups is 1. The second-order valence-electron chi connectivity index (χ2n) is 5.96. The van der Waals surface area contributed by atoms with Crippen LogP contribution in [0.3, 0.4) is 0 Å². The van der Waals surface area contributed by atoms with E-state index in [1.54, 1.807) is 7.11 Å². The smallest absolute Gasteiger partial charge is 0.264 e. The number of hydrogen-bond donors (Lipinski definition) is 1. The average Bonchev–Trinajstić information content (AvgIpc) is 2.93. The van der Waals surface area contributed by atoms with E-state index in [0.717, 1.165) is 16.9 Å². The number of thioether (sulfide) groups is 1. The van der Waals surface area contributed by atoms with E-state index >= 15 is 0 Å². The van der Waals surface area contributed by atoms with Gasteiger partial charge in [-0.05, 0) is 54.9 Å². The van der Waals surface area contributed by atoms with E-state index in [2.05, 4.69) is 42.4 Å². The predicted octanol–water partition coefficient (Wildman–Crippen LogP) is 4.07. The zero-order valence-electron chi connectivity index (χ0n) is 14.5. The Morgan fingerprint density at radius 3 is 2.44 bits per heavy atom. The minimum atomic E-state index is -0.111. The van der Waals surface area contributed by atoms with Crippen LogP contribution in [-0.4, -0.2) is 18.2 Å². The number of aryl methyl sites for hydroxylation is 2. The number of ether oxygens (including phenoxy) is 1. The maximum absolute atomic E-state index is 12.1. The van der Waals surface area contributed by atoms with Crippen molar-refractivity contribution >= 4 is 28.9 Å². The molecule has 0 radical (unpaired) electrons. The van der Waals surface area contributed by atoms with Crippen LogP contribution in [0.5, 0.6) is 5.75 Å². The number of nitrogens with one attached hydrogen (secondary N) is 1. The molecule has 2 aromatic rings. The lowest BCUT2D eigenvalue weighted by Gasteiger charge is -2.02. The highest BCUT2D eigenvalue weighted by Crippen LogP contribution is 2.27. The molecule has 128 valence electrons. The lowest BCUT2D eigenvalue weighted by Crippen LogP contribution is -2.19. The second-order valence-corrected chi connectivity index (χ2v) is 6.99. The van der Waals surface area contributed by atoms with E-state index in [-0.39, 0.29) is 5.91 Å². The molecule has 0 saturated carbocycles. The van der Waals surface area contributed by atoms with Gasteiger partial charge in [-0.15, -0.1) is 0 Å². The third-order valence-corrected chi connectivity index (χ3v) is 4.70. The summed E-state index contributed by atoms with van der Waals surface area (Å²) in [6.45, 7) is 4.71. The van der Waals surface area contributed by atoms with Crippen molar-refractivity contribution in [3.05, 3.63) is 69.6 Å². The number of rotatable bonds is 4. The zero-order valence-corrected chi connectivity index (χ0v) is 15.3. The van der Waals surface area contributed by atoms with Crippen molar-refractivity contribution in [2.45, 2.75) is 20.4 Å². The molecule has 1 saturated heterocycles. The van der Waals surface area contributed by atoms with Crippen molar-refractivity contribution in [2.75, 3.05) is 7.11 Å². The molecule has 1 amide bonds. The van der Waals surface area contributed by atoms with Crippen LogP contribution in [0.25, 0.3) is 6.08 Å². The highest BCUT2D eigenvalue weighted by molar-refractivity contribution is 8.18. The molecule has 25 heavy (non-hydrogen) atoms. The SMILES string of the molecule is COc1ccc(/C=C2\SC(=NCc3cc(C)cc(C)c3)NC2=O)cc1. The minimum absolute atomic E-state index is 0.111. The monoisotopic (exact) mass is 352 g/mol. The molecule has 0 unspecified atom stereocenters. The molecule has 5 heteroatoms. The van der Waals surface area contributed by atoms with Gasteiger partial charge >= 0.3 is 0 Å².